The molecule has 1 unspecified atom stereocenters. The molecule has 1 aromatic heterocycles. The highest BCUT2D eigenvalue weighted by Gasteiger charge is 2.35. The second kappa shape index (κ2) is 6.25. The van der Waals surface area contributed by atoms with Crippen LogP contribution < -0.4 is 0 Å². The van der Waals surface area contributed by atoms with Gasteiger partial charge >= 0.3 is 0 Å². The fraction of sp³-hybridized carbons (Fsp3) is 0.286. The van der Waals surface area contributed by atoms with Gasteiger partial charge in [-0.2, -0.15) is 4.31 Å². The van der Waals surface area contributed by atoms with Crippen molar-refractivity contribution in [3.05, 3.63) is 52.1 Å². The topological polar surface area (TPSA) is 46.6 Å². The SMILES string of the molecule is O=S(=O)(c1ccc(Cl)s1)N1CCOCC1c1ccc(F)cc1. The van der Waals surface area contributed by atoms with Crippen LogP contribution in [0, 0.1) is 5.82 Å². The van der Waals surface area contributed by atoms with Crippen LogP contribution in [0.3, 0.4) is 0 Å². The zero-order chi connectivity index (χ0) is 15.7. The van der Waals surface area contributed by atoms with Crippen molar-refractivity contribution in [2.75, 3.05) is 19.8 Å². The maximum atomic E-state index is 13.1. The molecule has 1 aliphatic heterocycles. The van der Waals surface area contributed by atoms with Gasteiger partial charge in [0.25, 0.3) is 10.0 Å². The summed E-state index contributed by atoms with van der Waals surface area (Å²) in [6.07, 6.45) is 0. The summed E-state index contributed by atoms with van der Waals surface area (Å²) in [7, 11) is -3.65. The quantitative estimate of drug-likeness (QED) is 0.842. The minimum atomic E-state index is -3.65. The molecule has 0 radical (unpaired) electrons. The Hall–Kier alpha value is -0.990. The van der Waals surface area contributed by atoms with E-state index in [0.717, 1.165) is 11.3 Å². The molecule has 0 aliphatic carbocycles. The first-order valence-corrected chi connectivity index (χ1v) is 9.22. The zero-order valence-electron chi connectivity index (χ0n) is 11.4. The van der Waals surface area contributed by atoms with E-state index >= 15 is 0 Å². The van der Waals surface area contributed by atoms with Crippen molar-refractivity contribution in [1.29, 1.82) is 0 Å². The molecular weight excluding hydrogens is 349 g/mol. The summed E-state index contributed by atoms with van der Waals surface area (Å²) >= 11 is 6.87. The van der Waals surface area contributed by atoms with Gasteiger partial charge in [0.1, 0.15) is 10.0 Å². The van der Waals surface area contributed by atoms with E-state index in [9.17, 15) is 12.8 Å². The number of ether oxygens (including phenoxy) is 1. The van der Waals surface area contributed by atoms with Crippen molar-refractivity contribution in [3.63, 3.8) is 0 Å². The second-order valence-corrected chi connectivity index (χ2v) is 8.65. The Morgan fingerprint density at radius 2 is 1.95 bits per heavy atom. The molecule has 1 fully saturated rings. The first-order chi connectivity index (χ1) is 10.5. The Kier molecular flexibility index (Phi) is 4.52. The van der Waals surface area contributed by atoms with E-state index in [4.69, 9.17) is 16.3 Å². The molecule has 4 nitrogen and oxygen atoms in total. The van der Waals surface area contributed by atoms with Crippen LogP contribution >= 0.6 is 22.9 Å². The molecule has 8 heteroatoms. The summed E-state index contributed by atoms with van der Waals surface area (Å²) in [5, 5.41) is 0. The van der Waals surface area contributed by atoms with Crippen LogP contribution in [0.4, 0.5) is 4.39 Å². The molecule has 0 spiro atoms. The molecule has 1 atom stereocenters. The highest BCUT2D eigenvalue weighted by atomic mass is 35.5. The number of sulfonamides is 1. The average molecular weight is 362 g/mol. The highest BCUT2D eigenvalue weighted by Crippen LogP contribution is 2.34. The Morgan fingerprint density at radius 1 is 1.23 bits per heavy atom. The van der Waals surface area contributed by atoms with Crippen molar-refractivity contribution in [1.82, 2.24) is 4.31 Å². The lowest BCUT2D eigenvalue weighted by Crippen LogP contribution is -2.43. The summed E-state index contributed by atoms with van der Waals surface area (Å²) in [6, 6.07) is 8.39. The number of halogens is 2. The van der Waals surface area contributed by atoms with E-state index in [0.29, 0.717) is 16.5 Å². The van der Waals surface area contributed by atoms with E-state index < -0.39 is 16.1 Å². The van der Waals surface area contributed by atoms with E-state index in [1.165, 1.54) is 22.5 Å². The fourth-order valence-electron chi connectivity index (χ4n) is 2.38. The Labute approximate surface area is 137 Å². The Morgan fingerprint density at radius 3 is 2.59 bits per heavy atom. The molecule has 1 aliphatic rings. The average Bonchev–Trinajstić information content (AvgIpc) is 2.95. The molecule has 1 aromatic carbocycles. The third kappa shape index (κ3) is 3.04. The van der Waals surface area contributed by atoms with Gasteiger partial charge in [0.2, 0.25) is 0 Å². The van der Waals surface area contributed by atoms with Crippen LogP contribution in [0.25, 0.3) is 0 Å². The van der Waals surface area contributed by atoms with Crippen LogP contribution in [0.15, 0.2) is 40.6 Å². The smallest absolute Gasteiger partial charge is 0.253 e. The van der Waals surface area contributed by atoms with Gasteiger partial charge in [-0.1, -0.05) is 23.7 Å². The Bertz CT molecular complexity index is 761. The number of benzene rings is 1. The number of hydrogen-bond acceptors (Lipinski definition) is 4. The van der Waals surface area contributed by atoms with E-state index in [2.05, 4.69) is 0 Å². The first-order valence-electron chi connectivity index (χ1n) is 6.59. The fourth-order valence-corrected chi connectivity index (χ4v) is 5.57. The lowest BCUT2D eigenvalue weighted by atomic mass is 10.1. The van der Waals surface area contributed by atoms with Gasteiger partial charge in [-0.05, 0) is 29.8 Å². The largest absolute Gasteiger partial charge is 0.378 e. The summed E-state index contributed by atoms with van der Waals surface area (Å²) in [5.74, 6) is -0.361. The monoisotopic (exact) mass is 361 g/mol. The molecule has 2 aromatic rings. The molecule has 0 amide bonds. The molecule has 0 N–H and O–H groups in total. The first kappa shape index (κ1) is 15.9. The van der Waals surface area contributed by atoms with Gasteiger partial charge in [-0.15, -0.1) is 11.3 Å². The zero-order valence-corrected chi connectivity index (χ0v) is 13.8. The minimum absolute atomic E-state index is 0.200. The van der Waals surface area contributed by atoms with Gasteiger partial charge in [0, 0.05) is 6.54 Å². The predicted octanol–water partition coefficient (Wildman–Crippen LogP) is 3.30. The summed E-state index contributed by atoms with van der Waals surface area (Å²) < 4.78 is 46.1. The number of nitrogens with zero attached hydrogens (tertiary/aromatic N) is 1. The van der Waals surface area contributed by atoms with E-state index in [1.807, 2.05) is 0 Å². The van der Waals surface area contributed by atoms with Gasteiger partial charge < -0.3 is 4.74 Å². The van der Waals surface area contributed by atoms with Crippen molar-refractivity contribution in [2.24, 2.45) is 0 Å². The summed E-state index contributed by atoms with van der Waals surface area (Å²) in [6.45, 7) is 0.819. The second-order valence-electron chi connectivity index (χ2n) is 4.82. The van der Waals surface area contributed by atoms with Crippen LogP contribution in [0.1, 0.15) is 11.6 Å². The molecule has 1 saturated heterocycles. The van der Waals surface area contributed by atoms with Crippen molar-refractivity contribution >= 4 is 33.0 Å². The molecule has 2 heterocycles. The molecule has 3 rings (SSSR count). The maximum absolute atomic E-state index is 13.1. The predicted molar refractivity (Wildman–Crippen MR) is 83.2 cm³/mol. The molecule has 0 bridgehead atoms. The normalized spacial score (nSPS) is 20.2. The van der Waals surface area contributed by atoms with E-state index in [-0.39, 0.29) is 23.2 Å². The van der Waals surface area contributed by atoms with Crippen LogP contribution in [-0.2, 0) is 14.8 Å². The van der Waals surface area contributed by atoms with Gasteiger partial charge in [0.05, 0.1) is 23.6 Å². The lowest BCUT2D eigenvalue weighted by Gasteiger charge is -2.34. The van der Waals surface area contributed by atoms with Crippen LogP contribution in [0.5, 0.6) is 0 Å². The van der Waals surface area contributed by atoms with Crippen LogP contribution in [-0.4, -0.2) is 32.5 Å². The third-order valence-corrected chi connectivity index (χ3v) is 7.05. The number of thiophene rings is 1. The summed E-state index contributed by atoms with van der Waals surface area (Å²) in [4.78, 5) is 0. The van der Waals surface area contributed by atoms with Crippen molar-refractivity contribution in [2.45, 2.75) is 10.3 Å². The molecule has 22 heavy (non-hydrogen) atoms. The van der Waals surface area contributed by atoms with Gasteiger partial charge in [-0.3, -0.25) is 0 Å². The van der Waals surface area contributed by atoms with E-state index in [1.54, 1.807) is 18.2 Å². The Balaban J connectivity index is 1.97. The minimum Gasteiger partial charge on any atom is -0.378 e. The van der Waals surface area contributed by atoms with Gasteiger partial charge in [-0.25, -0.2) is 12.8 Å². The number of morpholine rings is 1. The van der Waals surface area contributed by atoms with Gasteiger partial charge in [0.15, 0.2) is 0 Å². The van der Waals surface area contributed by atoms with Crippen LogP contribution in [0.2, 0.25) is 4.34 Å². The number of rotatable bonds is 3. The molecule has 0 saturated carbocycles. The maximum Gasteiger partial charge on any atom is 0.253 e. The van der Waals surface area contributed by atoms with Crippen molar-refractivity contribution in [3.8, 4) is 0 Å². The molecule has 118 valence electrons. The summed E-state index contributed by atoms with van der Waals surface area (Å²) in [5.41, 5.74) is 0.701. The third-order valence-electron chi connectivity index (χ3n) is 3.45. The van der Waals surface area contributed by atoms with Crippen molar-refractivity contribution < 1.29 is 17.5 Å². The highest BCUT2D eigenvalue weighted by molar-refractivity contribution is 7.91. The lowest BCUT2D eigenvalue weighted by molar-refractivity contribution is 0.0321. The standard InChI is InChI=1S/C14H13ClFNO3S2/c15-13-5-6-14(21-13)22(18,19)17-7-8-20-9-12(17)10-1-3-11(16)4-2-10/h1-6,12H,7-9H2. The molecular formula is C14H13ClFNO3S2. The number of hydrogen-bond donors (Lipinski definition) is 0.